The Hall–Kier alpha value is -1.43. The third-order valence-corrected chi connectivity index (χ3v) is 2.63. The predicted molar refractivity (Wildman–Crippen MR) is 69.4 cm³/mol. The zero-order valence-electron chi connectivity index (χ0n) is 9.86. The number of anilines is 1. The van der Waals surface area contributed by atoms with Crippen LogP contribution in [0.5, 0.6) is 0 Å². The van der Waals surface area contributed by atoms with Gasteiger partial charge in [-0.15, -0.1) is 0 Å². The fourth-order valence-corrected chi connectivity index (χ4v) is 1.31. The van der Waals surface area contributed by atoms with Gasteiger partial charge in [0, 0.05) is 17.2 Å². The molecule has 1 aromatic heterocycles. The first-order chi connectivity index (χ1) is 7.84. The van der Waals surface area contributed by atoms with Crippen LogP contribution >= 0.6 is 15.9 Å². The number of halogens is 1. The standard InChI is InChI=1S/C11H14BrN3O2/c1-11(2,3)10(16)15-8-4-7(6-14-17)5-13-9(8)12/h4-6,17H,1-3H3,(H,15,16)/b14-6-. The van der Waals surface area contributed by atoms with Crippen molar-refractivity contribution >= 4 is 33.7 Å². The van der Waals surface area contributed by atoms with Gasteiger partial charge in [0.25, 0.3) is 0 Å². The van der Waals surface area contributed by atoms with Crippen molar-refractivity contribution in [1.82, 2.24) is 4.98 Å². The van der Waals surface area contributed by atoms with Crippen LogP contribution in [0.4, 0.5) is 5.69 Å². The minimum Gasteiger partial charge on any atom is -0.411 e. The summed E-state index contributed by atoms with van der Waals surface area (Å²) >= 11 is 3.24. The fourth-order valence-electron chi connectivity index (χ4n) is 0.999. The van der Waals surface area contributed by atoms with Crippen LogP contribution in [0.25, 0.3) is 0 Å². The largest absolute Gasteiger partial charge is 0.411 e. The highest BCUT2D eigenvalue weighted by molar-refractivity contribution is 9.10. The molecule has 1 rings (SSSR count). The number of nitrogens with zero attached hydrogens (tertiary/aromatic N) is 2. The first kappa shape index (κ1) is 13.6. The molecule has 0 radical (unpaired) electrons. The van der Waals surface area contributed by atoms with E-state index in [4.69, 9.17) is 5.21 Å². The molecule has 0 saturated carbocycles. The van der Waals surface area contributed by atoms with Gasteiger partial charge in [-0.25, -0.2) is 4.98 Å². The van der Waals surface area contributed by atoms with Crippen LogP contribution in [-0.4, -0.2) is 22.3 Å². The van der Waals surface area contributed by atoms with E-state index in [-0.39, 0.29) is 5.91 Å². The molecule has 5 nitrogen and oxygen atoms in total. The third-order valence-electron chi connectivity index (χ3n) is 2.00. The summed E-state index contributed by atoms with van der Waals surface area (Å²) in [6, 6.07) is 1.67. The van der Waals surface area contributed by atoms with E-state index in [9.17, 15) is 4.79 Å². The highest BCUT2D eigenvalue weighted by atomic mass is 79.9. The van der Waals surface area contributed by atoms with Gasteiger partial charge < -0.3 is 10.5 Å². The van der Waals surface area contributed by atoms with Gasteiger partial charge in [0.05, 0.1) is 11.9 Å². The van der Waals surface area contributed by atoms with Gasteiger partial charge in [-0.3, -0.25) is 4.79 Å². The smallest absolute Gasteiger partial charge is 0.229 e. The molecule has 0 unspecified atom stereocenters. The van der Waals surface area contributed by atoms with Crippen LogP contribution in [0.2, 0.25) is 0 Å². The van der Waals surface area contributed by atoms with E-state index in [1.165, 1.54) is 12.4 Å². The molecule has 0 aromatic carbocycles. The minimum absolute atomic E-state index is 0.113. The molecule has 2 N–H and O–H groups in total. The first-order valence-corrected chi connectivity index (χ1v) is 5.78. The molecule has 1 aromatic rings. The van der Waals surface area contributed by atoms with E-state index >= 15 is 0 Å². The molecular weight excluding hydrogens is 286 g/mol. The van der Waals surface area contributed by atoms with E-state index in [1.54, 1.807) is 6.07 Å². The van der Waals surface area contributed by atoms with Crippen LogP contribution in [0, 0.1) is 5.41 Å². The van der Waals surface area contributed by atoms with Crippen LogP contribution < -0.4 is 5.32 Å². The minimum atomic E-state index is -0.486. The van der Waals surface area contributed by atoms with Crippen molar-refractivity contribution in [2.75, 3.05) is 5.32 Å². The van der Waals surface area contributed by atoms with E-state index in [2.05, 4.69) is 31.4 Å². The van der Waals surface area contributed by atoms with Gasteiger partial charge in [-0.2, -0.15) is 0 Å². The van der Waals surface area contributed by atoms with Crippen molar-refractivity contribution in [3.63, 3.8) is 0 Å². The lowest BCUT2D eigenvalue weighted by atomic mass is 9.95. The molecule has 6 heteroatoms. The molecular formula is C11H14BrN3O2. The molecule has 0 aliphatic heterocycles. The van der Waals surface area contributed by atoms with Crippen molar-refractivity contribution in [3.05, 3.63) is 22.4 Å². The first-order valence-electron chi connectivity index (χ1n) is 4.99. The lowest BCUT2D eigenvalue weighted by molar-refractivity contribution is -0.123. The average molecular weight is 300 g/mol. The zero-order chi connectivity index (χ0) is 13.1. The summed E-state index contributed by atoms with van der Waals surface area (Å²) in [5, 5.41) is 14.1. The Kier molecular flexibility index (Phi) is 4.22. The van der Waals surface area contributed by atoms with Crippen molar-refractivity contribution in [1.29, 1.82) is 0 Å². The number of pyridine rings is 1. The summed E-state index contributed by atoms with van der Waals surface area (Å²) in [5.74, 6) is -0.113. The van der Waals surface area contributed by atoms with Crippen molar-refractivity contribution in [2.45, 2.75) is 20.8 Å². The molecule has 0 aliphatic rings. The Morgan fingerprint density at radius 1 is 1.59 bits per heavy atom. The number of carbonyl (C=O) groups excluding carboxylic acids is 1. The van der Waals surface area contributed by atoms with Gasteiger partial charge in [-0.05, 0) is 22.0 Å². The molecule has 0 fully saturated rings. The molecule has 0 saturated heterocycles. The SMILES string of the molecule is CC(C)(C)C(=O)Nc1cc(/C=N\O)cnc1Br. The number of rotatable bonds is 2. The van der Waals surface area contributed by atoms with Gasteiger partial charge in [0.2, 0.25) is 5.91 Å². The Morgan fingerprint density at radius 3 is 2.76 bits per heavy atom. The van der Waals surface area contributed by atoms with E-state index < -0.39 is 5.41 Å². The normalized spacial score (nSPS) is 11.8. The maximum atomic E-state index is 11.8. The average Bonchev–Trinajstić information content (AvgIpc) is 2.22. The maximum absolute atomic E-state index is 11.8. The van der Waals surface area contributed by atoms with Crippen LogP contribution in [0.1, 0.15) is 26.3 Å². The van der Waals surface area contributed by atoms with Gasteiger partial charge >= 0.3 is 0 Å². The Bertz CT molecular complexity index is 453. The quantitative estimate of drug-likeness (QED) is 0.381. The summed E-state index contributed by atoms with van der Waals surface area (Å²) in [7, 11) is 0. The number of oxime groups is 1. The molecule has 0 aliphatic carbocycles. The summed E-state index contributed by atoms with van der Waals surface area (Å²) < 4.78 is 0.533. The van der Waals surface area contributed by atoms with Gasteiger partial charge in [-0.1, -0.05) is 25.9 Å². The maximum Gasteiger partial charge on any atom is 0.229 e. The van der Waals surface area contributed by atoms with E-state index in [0.717, 1.165) is 0 Å². The molecule has 17 heavy (non-hydrogen) atoms. The van der Waals surface area contributed by atoms with Crippen molar-refractivity contribution < 1.29 is 10.0 Å². The van der Waals surface area contributed by atoms with Gasteiger partial charge in [0.1, 0.15) is 4.60 Å². The highest BCUT2D eigenvalue weighted by Crippen LogP contribution is 2.23. The molecule has 1 heterocycles. The summed E-state index contributed by atoms with van der Waals surface area (Å²) in [6.07, 6.45) is 2.77. The topological polar surface area (TPSA) is 74.6 Å². The van der Waals surface area contributed by atoms with Crippen molar-refractivity contribution in [2.24, 2.45) is 10.6 Å². The zero-order valence-corrected chi connectivity index (χ0v) is 11.4. The molecule has 0 spiro atoms. The Balaban J connectivity index is 2.98. The number of nitrogens with one attached hydrogen (secondary N) is 1. The lowest BCUT2D eigenvalue weighted by Gasteiger charge is -2.18. The van der Waals surface area contributed by atoms with Gasteiger partial charge in [0.15, 0.2) is 0 Å². The number of carbonyl (C=O) groups is 1. The van der Waals surface area contributed by atoms with Crippen LogP contribution in [-0.2, 0) is 4.79 Å². The van der Waals surface area contributed by atoms with Crippen LogP contribution in [0.3, 0.4) is 0 Å². The summed E-state index contributed by atoms with van der Waals surface area (Å²) in [4.78, 5) is 15.8. The number of aromatic nitrogens is 1. The second kappa shape index (κ2) is 5.27. The van der Waals surface area contributed by atoms with Crippen LogP contribution in [0.15, 0.2) is 22.0 Å². The second-order valence-corrected chi connectivity index (χ2v) is 5.31. The lowest BCUT2D eigenvalue weighted by Crippen LogP contribution is -2.27. The van der Waals surface area contributed by atoms with Crippen molar-refractivity contribution in [3.8, 4) is 0 Å². The molecule has 1 amide bonds. The number of amides is 1. The monoisotopic (exact) mass is 299 g/mol. The number of hydrogen-bond acceptors (Lipinski definition) is 4. The summed E-state index contributed by atoms with van der Waals surface area (Å²) in [6.45, 7) is 5.47. The molecule has 92 valence electrons. The van der Waals surface area contributed by atoms with E-state index in [1.807, 2.05) is 20.8 Å². The Labute approximate surface area is 108 Å². The highest BCUT2D eigenvalue weighted by Gasteiger charge is 2.22. The third kappa shape index (κ3) is 3.81. The molecule has 0 atom stereocenters. The second-order valence-electron chi connectivity index (χ2n) is 4.56. The molecule has 0 bridgehead atoms. The summed E-state index contributed by atoms with van der Waals surface area (Å²) in [5.41, 5.74) is 0.655. The Morgan fingerprint density at radius 2 is 2.24 bits per heavy atom. The number of hydrogen-bond donors (Lipinski definition) is 2. The fraction of sp³-hybridized carbons (Fsp3) is 0.364. The predicted octanol–water partition coefficient (Wildman–Crippen LogP) is 2.64. The van der Waals surface area contributed by atoms with E-state index in [0.29, 0.717) is 15.9 Å².